The van der Waals surface area contributed by atoms with Crippen molar-refractivity contribution in [1.82, 2.24) is 4.90 Å². The van der Waals surface area contributed by atoms with E-state index in [9.17, 15) is 4.79 Å². The van der Waals surface area contributed by atoms with E-state index in [0.29, 0.717) is 22.8 Å². The largest absolute Gasteiger partial charge is 0.493 e. The number of ether oxygens (including phenoxy) is 4. The highest BCUT2D eigenvalue weighted by Gasteiger charge is 2.26. The molecule has 1 atom stereocenters. The van der Waals surface area contributed by atoms with Crippen LogP contribution in [0.5, 0.6) is 17.2 Å². The number of hydrogen-bond donors (Lipinski definition) is 0. The third-order valence-electron chi connectivity index (χ3n) is 4.33. The van der Waals surface area contributed by atoms with Crippen LogP contribution >= 0.6 is 0 Å². The van der Waals surface area contributed by atoms with Crippen molar-refractivity contribution in [3.8, 4) is 29.1 Å². The van der Waals surface area contributed by atoms with Crippen LogP contribution in [-0.4, -0.2) is 45.5 Å². The van der Waals surface area contributed by atoms with Gasteiger partial charge in [-0.2, -0.15) is 0 Å². The molecule has 28 heavy (non-hydrogen) atoms. The Hall–Kier alpha value is -3.07. The quantitative estimate of drug-likeness (QED) is 0.736. The van der Waals surface area contributed by atoms with Gasteiger partial charge < -0.3 is 18.9 Å². The van der Waals surface area contributed by atoms with Crippen molar-refractivity contribution in [3.05, 3.63) is 41.6 Å². The summed E-state index contributed by atoms with van der Waals surface area (Å²) >= 11 is 0. The molecule has 0 bridgehead atoms. The third-order valence-corrected chi connectivity index (χ3v) is 4.33. The molecule has 0 N–H and O–H groups in total. The topological polar surface area (TPSA) is 57.2 Å². The molecule has 1 aliphatic heterocycles. The van der Waals surface area contributed by atoms with Crippen molar-refractivity contribution in [2.45, 2.75) is 26.8 Å². The highest BCUT2D eigenvalue weighted by atomic mass is 16.5. The Morgan fingerprint density at radius 1 is 1.04 bits per heavy atom. The van der Waals surface area contributed by atoms with Crippen LogP contribution in [0.3, 0.4) is 0 Å². The molecular formula is C22H27NO5. The summed E-state index contributed by atoms with van der Waals surface area (Å²) in [6, 6.07) is 3.08. The lowest BCUT2D eigenvalue weighted by molar-refractivity contribution is 0.137. The number of allylic oxidation sites excluding steroid dienone is 2. The zero-order valence-electron chi connectivity index (χ0n) is 17.5. The Morgan fingerprint density at radius 3 is 2.11 bits per heavy atom. The predicted octanol–water partition coefficient (Wildman–Crippen LogP) is 4.00. The van der Waals surface area contributed by atoms with E-state index in [1.807, 2.05) is 12.2 Å². The van der Waals surface area contributed by atoms with E-state index in [-0.39, 0.29) is 5.41 Å². The molecule has 1 heterocycles. The van der Waals surface area contributed by atoms with E-state index in [4.69, 9.17) is 18.9 Å². The Bertz CT molecular complexity index is 827. The highest BCUT2D eigenvalue weighted by Crippen LogP contribution is 2.38. The van der Waals surface area contributed by atoms with Gasteiger partial charge >= 0.3 is 6.09 Å². The standard InChI is InChI=1S/C22H27NO5/c1-22(2,3)16-10-11-23(21(24)28-7)17(14-16)9-8-15-12-18(25-4)20(27-6)19(13-15)26-5/h10-14,17H,1-7H3. The zero-order valence-corrected chi connectivity index (χ0v) is 17.5. The second-order valence-corrected chi connectivity index (χ2v) is 7.19. The number of carbonyl (C=O) groups excluding carboxylic acids is 1. The molecule has 1 amide bonds. The van der Waals surface area contributed by atoms with Crippen molar-refractivity contribution in [2.24, 2.45) is 5.41 Å². The molecule has 6 nitrogen and oxygen atoms in total. The maximum Gasteiger partial charge on any atom is 0.414 e. The van der Waals surface area contributed by atoms with Crippen molar-refractivity contribution in [2.75, 3.05) is 28.4 Å². The van der Waals surface area contributed by atoms with Crippen LogP contribution in [0.4, 0.5) is 4.79 Å². The van der Waals surface area contributed by atoms with Gasteiger partial charge in [-0.3, -0.25) is 4.90 Å². The lowest BCUT2D eigenvalue weighted by Crippen LogP contribution is -2.36. The number of nitrogens with zero attached hydrogens (tertiary/aromatic N) is 1. The molecule has 0 saturated heterocycles. The first-order chi connectivity index (χ1) is 13.2. The van der Waals surface area contributed by atoms with E-state index >= 15 is 0 Å². The van der Waals surface area contributed by atoms with Gasteiger partial charge in [0.1, 0.15) is 6.04 Å². The third kappa shape index (κ3) is 4.61. The van der Waals surface area contributed by atoms with E-state index in [1.165, 1.54) is 12.0 Å². The van der Waals surface area contributed by atoms with E-state index in [2.05, 4.69) is 32.6 Å². The van der Waals surface area contributed by atoms with Crippen molar-refractivity contribution >= 4 is 6.09 Å². The molecule has 0 radical (unpaired) electrons. The van der Waals surface area contributed by atoms with Crippen LogP contribution in [0.2, 0.25) is 0 Å². The molecule has 1 aromatic rings. The summed E-state index contributed by atoms with van der Waals surface area (Å²) in [7, 11) is 6.01. The number of methoxy groups -OCH3 is 4. The number of hydrogen-bond acceptors (Lipinski definition) is 5. The fourth-order valence-electron chi connectivity index (χ4n) is 2.76. The fourth-order valence-corrected chi connectivity index (χ4v) is 2.76. The number of rotatable bonds is 3. The summed E-state index contributed by atoms with van der Waals surface area (Å²) in [5.74, 6) is 7.78. The van der Waals surface area contributed by atoms with Crippen LogP contribution in [-0.2, 0) is 4.74 Å². The molecule has 0 aromatic heterocycles. The summed E-state index contributed by atoms with van der Waals surface area (Å²) in [4.78, 5) is 13.6. The van der Waals surface area contributed by atoms with Gasteiger partial charge in [0, 0.05) is 11.8 Å². The summed E-state index contributed by atoms with van der Waals surface area (Å²) < 4.78 is 21.0. The normalized spacial score (nSPS) is 15.9. The fraction of sp³-hybridized carbons (Fsp3) is 0.409. The van der Waals surface area contributed by atoms with E-state index < -0.39 is 12.1 Å². The summed E-state index contributed by atoms with van der Waals surface area (Å²) in [6.07, 6.45) is 5.13. The molecule has 1 aliphatic rings. The zero-order chi connectivity index (χ0) is 20.9. The molecule has 0 spiro atoms. The van der Waals surface area contributed by atoms with Gasteiger partial charge in [0.25, 0.3) is 0 Å². The molecule has 0 aliphatic carbocycles. The van der Waals surface area contributed by atoms with Gasteiger partial charge in [-0.1, -0.05) is 32.6 Å². The number of benzene rings is 1. The van der Waals surface area contributed by atoms with Gasteiger partial charge in [-0.05, 0) is 35.3 Å². The molecule has 1 aromatic carbocycles. The summed E-state index contributed by atoms with van der Waals surface area (Å²) in [6.45, 7) is 6.34. The monoisotopic (exact) mass is 385 g/mol. The van der Waals surface area contributed by atoms with Crippen LogP contribution < -0.4 is 14.2 Å². The van der Waals surface area contributed by atoms with Gasteiger partial charge in [-0.25, -0.2) is 4.79 Å². The molecule has 2 rings (SSSR count). The van der Waals surface area contributed by atoms with Crippen molar-refractivity contribution in [1.29, 1.82) is 0 Å². The summed E-state index contributed by atoms with van der Waals surface area (Å²) in [5.41, 5.74) is 1.71. The van der Waals surface area contributed by atoms with Crippen LogP contribution in [0.25, 0.3) is 0 Å². The van der Waals surface area contributed by atoms with E-state index in [0.717, 1.165) is 5.57 Å². The average molecular weight is 385 g/mol. The Labute approximate surface area is 166 Å². The first-order valence-corrected chi connectivity index (χ1v) is 8.83. The molecule has 6 heteroatoms. The lowest BCUT2D eigenvalue weighted by Gasteiger charge is -2.30. The van der Waals surface area contributed by atoms with E-state index in [1.54, 1.807) is 39.7 Å². The molecule has 0 saturated carbocycles. The SMILES string of the molecule is COC(=O)N1C=CC(C(C)(C)C)=CC1C#Cc1cc(OC)c(OC)c(OC)c1. The highest BCUT2D eigenvalue weighted by molar-refractivity contribution is 5.71. The Balaban J connectivity index is 2.47. The lowest BCUT2D eigenvalue weighted by atomic mass is 9.84. The first-order valence-electron chi connectivity index (χ1n) is 8.83. The Morgan fingerprint density at radius 2 is 1.64 bits per heavy atom. The first kappa shape index (κ1) is 21.2. The summed E-state index contributed by atoms with van der Waals surface area (Å²) in [5, 5.41) is 0. The van der Waals surface area contributed by atoms with Gasteiger partial charge in [0.15, 0.2) is 11.5 Å². The van der Waals surface area contributed by atoms with Crippen molar-refractivity contribution in [3.63, 3.8) is 0 Å². The second kappa shape index (κ2) is 8.75. The minimum atomic E-state index is -0.468. The van der Waals surface area contributed by atoms with Crippen LogP contribution in [0.1, 0.15) is 26.3 Å². The maximum absolute atomic E-state index is 12.1. The minimum Gasteiger partial charge on any atom is -0.493 e. The molecule has 1 unspecified atom stereocenters. The van der Waals surface area contributed by atoms with Crippen molar-refractivity contribution < 1.29 is 23.7 Å². The molecule has 0 fully saturated rings. The average Bonchev–Trinajstić information content (AvgIpc) is 2.69. The minimum absolute atomic E-state index is 0.0643. The number of carbonyl (C=O) groups is 1. The second-order valence-electron chi connectivity index (χ2n) is 7.19. The molecule has 150 valence electrons. The van der Waals surface area contributed by atoms with Gasteiger partial charge in [-0.15, -0.1) is 0 Å². The van der Waals surface area contributed by atoms with Crippen LogP contribution in [0.15, 0.2) is 36.1 Å². The molecular weight excluding hydrogens is 358 g/mol. The smallest absolute Gasteiger partial charge is 0.414 e. The van der Waals surface area contributed by atoms with Gasteiger partial charge in [0.2, 0.25) is 5.75 Å². The predicted molar refractivity (Wildman–Crippen MR) is 108 cm³/mol. The Kier molecular flexibility index (Phi) is 6.63. The number of amides is 1. The maximum atomic E-state index is 12.1. The van der Waals surface area contributed by atoms with Crippen LogP contribution in [0, 0.1) is 17.3 Å². The van der Waals surface area contributed by atoms with Gasteiger partial charge in [0.05, 0.1) is 28.4 Å².